The summed E-state index contributed by atoms with van der Waals surface area (Å²) >= 11 is 0. The second-order valence-corrected chi connectivity index (χ2v) is 9.62. The number of ketones is 2. The first-order valence-corrected chi connectivity index (χ1v) is 10.3. The average molecular weight is 421 g/mol. The Kier molecular flexibility index (Phi) is 7.81. The maximum absolute atomic E-state index is 12.2. The van der Waals surface area contributed by atoms with Crippen LogP contribution in [0.15, 0.2) is 30.8 Å². The van der Waals surface area contributed by atoms with Crippen LogP contribution in [-0.2, 0) is 22.4 Å². The van der Waals surface area contributed by atoms with Gasteiger partial charge in [-0.2, -0.15) is 10.3 Å². The number of rotatable bonds is 13. The van der Waals surface area contributed by atoms with E-state index in [0.717, 1.165) is 0 Å². The van der Waals surface area contributed by atoms with E-state index in [1.807, 2.05) is 27.7 Å². The van der Waals surface area contributed by atoms with Crippen LogP contribution in [0.3, 0.4) is 0 Å². The van der Waals surface area contributed by atoms with E-state index < -0.39 is 0 Å². The number of hydrogen-bond acceptors (Lipinski definition) is 6. The zero-order valence-electron chi connectivity index (χ0n) is 18.3. The Balaban J connectivity index is 1.67. The van der Waals surface area contributed by atoms with Crippen molar-refractivity contribution in [3.8, 4) is 0 Å². The van der Waals surface area contributed by atoms with Crippen LogP contribution in [0.2, 0.25) is 0 Å². The summed E-state index contributed by atoms with van der Waals surface area (Å²) in [6, 6.07) is 2.85. The fourth-order valence-electron chi connectivity index (χ4n) is 3.42. The molecule has 0 aliphatic carbocycles. The van der Waals surface area contributed by atoms with E-state index in [0.29, 0.717) is 50.0 Å². The van der Waals surface area contributed by atoms with Gasteiger partial charge in [-0.05, 0) is 23.7 Å². The fraction of sp³-hybridized carbons (Fsp3) is 0.636. The van der Waals surface area contributed by atoms with Gasteiger partial charge in [-0.25, -0.2) is 0 Å². The van der Waals surface area contributed by atoms with Crippen LogP contribution in [0.1, 0.15) is 77.7 Å². The molecule has 0 aliphatic rings. The quantitative estimate of drug-likeness (QED) is 0.510. The predicted octanol–water partition coefficient (Wildman–Crippen LogP) is 3.57. The van der Waals surface area contributed by atoms with Crippen LogP contribution in [0.5, 0.6) is 0 Å². The first kappa shape index (κ1) is 23.6. The second-order valence-electron chi connectivity index (χ2n) is 9.62. The summed E-state index contributed by atoms with van der Waals surface area (Å²) in [5.74, 6) is 1.30. The minimum atomic E-state index is -0.267. The van der Waals surface area contributed by atoms with E-state index in [9.17, 15) is 19.2 Å². The number of hydrogen-bond donors (Lipinski definition) is 2. The fourth-order valence-corrected chi connectivity index (χ4v) is 3.42. The third kappa shape index (κ3) is 8.39. The van der Waals surface area contributed by atoms with Gasteiger partial charge in [-0.15, -0.1) is 0 Å². The number of aromatic amines is 2. The third-order valence-corrected chi connectivity index (χ3v) is 5.30. The first-order chi connectivity index (χ1) is 13.9. The SMILES string of the molecule is CC(C)(CCC(=O)CCC(=O)CCC(C)(C)Cc1cc(=O)[nH]o1)Cc1cc(=O)[nH]o1. The van der Waals surface area contributed by atoms with E-state index in [1.54, 1.807) is 0 Å². The van der Waals surface area contributed by atoms with Crippen molar-refractivity contribution in [2.45, 2.75) is 79.1 Å². The predicted molar refractivity (Wildman–Crippen MR) is 111 cm³/mol. The lowest BCUT2D eigenvalue weighted by Gasteiger charge is -2.23. The van der Waals surface area contributed by atoms with Gasteiger partial charge in [-0.1, -0.05) is 27.7 Å². The Hall–Kier alpha value is -2.64. The molecule has 0 fully saturated rings. The molecule has 0 aliphatic heterocycles. The molecule has 166 valence electrons. The monoisotopic (exact) mass is 420 g/mol. The smallest absolute Gasteiger partial charge is 0.280 e. The van der Waals surface area contributed by atoms with Gasteiger partial charge in [0, 0.05) is 50.7 Å². The zero-order chi connectivity index (χ0) is 22.4. The molecule has 0 radical (unpaired) electrons. The molecule has 0 unspecified atom stereocenters. The molecule has 0 aromatic carbocycles. The number of aromatic nitrogens is 2. The Labute approximate surface area is 175 Å². The van der Waals surface area contributed by atoms with Crippen LogP contribution < -0.4 is 11.1 Å². The summed E-state index contributed by atoms with van der Waals surface area (Å²) in [5.41, 5.74) is -0.906. The van der Waals surface area contributed by atoms with E-state index in [1.165, 1.54) is 12.1 Å². The van der Waals surface area contributed by atoms with E-state index >= 15 is 0 Å². The largest absolute Gasteiger partial charge is 0.384 e. The highest BCUT2D eigenvalue weighted by Crippen LogP contribution is 2.29. The van der Waals surface area contributed by atoms with Crippen molar-refractivity contribution in [1.29, 1.82) is 0 Å². The molecule has 2 aromatic heterocycles. The van der Waals surface area contributed by atoms with Crippen molar-refractivity contribution >= 4 is 11.6 Å². The topological polar surface area (TPSA) is 126 Å². The van der Waals surface area contributed by atoms with Crippen molar-refractivity contribution in [3.05, 3.63) is 44.4 Å². The Morgan fingerprint density at radius 1 is 0.733 bits per heavy atom. The van der Waals surface area contributed by atoms with Crippen LogP contribution in [-0.4, -0.2) is 21.9 Å². The molecule has 0 spiro atoms. The van der Waals surface area contributed by atoms with Crippen molar-refractivity contribution < 1.29 is 18.6 Å². The second kappa shape index (κ2) is 9.91. The lowest BCUT2D eigenvalue weighted by atomic mass is 9.81. The normalized spacial score (nSPS) is 12.3. The Morgan fingerprint density at radius 3 is 1.40 bits per heavy atom. The van der Waals surface area contributed by atoms with Crippen LogP contribution in [0.25, 0.3) is 0 Å². The molecule has 0 atom stereocenters. The van der Waals surface area contributed by atoms with E-state index in [-0.39, 0.29) is 46.4 Å². The highest BCUT2D eigenvalue weighted by molar-refractivity contribution is 5.86. The maximum atomic E-state index is 12.2. The van der Waals surface area contributed by atoms with E-state index in [4.69, 9.17) is 9.05 Å². The number of H-pyrrole nitrogens is 2. The Bertz CT molecular complexity index is 878. The van der Waals surface area contributed by atoms with Gasteiger partial charge in [-0.3, -0.25) is 19.2 Å². The molecular formula is C22H32N2O6. The average Bonchev–Trinajstić information content (AvgIpc) is 3.23. The van der Waals surface area contributed by atoms with Gasteiger partial charge in [0.2, 0.25) is 0 Å². The zero-order valence-corrected chi connectivity index (χ0v) is 18.3. The summed E-state index contributed by atoms with van der Waals surface area (Å²) in [6.45, 7) is 8.08. The van der Waals surface area contributed by atoms with Gasteiger partial charge >= 0.3 is 0 Å². The number of carbonyl (C=O) groups is 2. The van der Waals surface area contributed by atoms with Gasteiger partial charge in [0.05, 0.1) is 0 Å². The molecular weight excluding hydrogens is 388 g/mol. The molecule has 2 N–H and O–H groups in total. The minimum Gasteiger partial charge on any atom is -0.384 e. The standard InChI is InChI=1S/C22H32N2O6/c1-21(2,13-17-11-19(27)23-29-17)9-7-15(25)5-6-16(26)8-10-22(3,4)14-18-12-20(28)24-30-18/h11-12H,5-10,13-14H2,1-4H3,(H,23,27)(H,24,28). The molecule has 2 rings (SSSR count). The lowest BCUT2D eigenvalue weighted by molar-refractivity contribution is -0.124. The van der Waals surface area contributed by atoms with Gasteiger partial charge < -0.3 is 9.05 Å². The van der Waals surface area contributed by atoms with Crippen LogP contribution in [0, 0.1) is 10.8 Å². The highest BCUT2D eigenvalue weighted by Gasteiger charge is 2.24. The summed E-state index contributed by atoms with van der Waals surface area (Å²) in [4.78, 5) is 46.7. The molecule has 0 saturated carbocycles. The summed E-state index contributed by atoms with van der Waals surface area (Å²) in [7, 11) is 0. The van der Waals surface area contributed by atoms with Gasteiger partial charge in [0.25, 0.3) is 11.1 Å². The molecule has 0 saturated heterocycles. The number of carbonyl (C=O) groups excluding carboxylic acids is 2. The van der Waals surface area contributed by atoms with Gasteiger partial charge in [0.15, 0.2) is 0 Å². The van der Waals surface area contributed by atoms with Crippen molar-refractivity contribution in [1.82, 2.24) is 10.3 Å². The summed E-state index contributed by atoms with van der Waals surface area (Å²) < 4.78 is 10.2. The molecule has 2 aromatic rings. The molecule has 8 nitrogen and oxygen atoms in total. The molecule has 2 heterocycles. The highest BCUT2D eigenvalue weighted by atomic mass is 16.5. The Morgan fingerprint density at radius 2 is 1.10 bits per heavy atom. The number of nitrogens with one attached hydrogen (secondary N) is 2. The van der Waals surface area contributed by atoms with Crippen LogP contribution in [0.4, 0.5) is 0 Å². The molecule has 0 bridgehead atoms. The third-order valence-electron chi connectivity index (χ3n) is 5.30. The van der Waals surface area contributed by atoms with Crippen molar-refractivity contribution in [2.24, 2.45) is 10.8 Å². The maximum Gasteiger partial charge on any atom is 0.280 e. The van der Waals surface area contributed by atoms with Crippen LogP contribution >= 0.6 is 0 Å². The molecule has 8 heteroatoms. The molecule has 0 amide bonds. The summed E-state index contributed by atoms with van der Waals surface area (Å²) in [5, 5.41) is 4.54. The minimum absolute atomic E-state index is 0.0697. The molecule has 30 heavy (non-hydrogen) atoms. The number of Topliss-reactive ketones (excluding diaryl/α,β-unsaturated/α-hetero) is 2. The van der Waals surface area contributed by atoms with Crippen molar-refractivity contribution in [2.75, 3.05) is 0 Å². The van der Waals surface area contributed by atoms with E-state index in [2.05, 4.69) is 10.3 Å². The lowest BCUT2D eigenvalue weighted by Crippen LogP contribution is -2.18. The van der Waals surface area contributed by atoms with Gasteiger partial charge in [0.1, 0.15) is 23.1 Å². The summed E-state index contributed by atoms with van der Waals surface area (Å²) in [6.07, 6.45) is 3.73. The first-order valence-electron chi connectivity index (χ1n) is 10.3. The van der Waals surface area contributed by atoms with Crippen molar-refractivity contribution in [3.63, 3.8) is 0 Å².